The number of rotatable bonds is 1. The lowest BCUT2D eigenvalue weighted by atomic mass is 10.1. The fourth-order valence-corrected chi connectivity index (χ4v) is 1.73. The second kappa shape index (κ2) is 4.35. The van der Waals surface area contributed by atoms with Crippen LogP contribution in [0.15, 0.2) is 24.5 Å². The Kier molecular flexibility index (Phi) is 3.04. The summed E-state index contributed by atoms with van der Waals surface area (Å²) >= 11 is 0. The number of aromatic nitrogens is 2. The van der Waals surface area contributed by atoms with Crippen molar-refractivity contribution in [3.05, 3.63) is 30.2 Å². The summed E-state index contributed by atoms with van der Waals surface area (Å²) in [4.78, 5) is 8.95. The summed E-state index contributed by atoms with van der Waals surface area (Å²) in [6.45, 7) is 5.18. The van der Waals surface area contributed by atoms with E-state index in [1.165, 1.54) is 0 Å². The van der Waals surface area contributed by atoms with Crippen LogP contribution in [0.5, 0.6) is 0 Å². The molecule has 0 N–H and O–H groups in total. The molecule has 1 aliphatic rings. The number of hydrogen-bond acceptors (Lipinski definition) is 3. The molecule has 1 saturated heterocycles. The smallest absolute Gasteiger partial charge is 0.356 e. The van der Waals surface area contributed by atoms with Gasteiger partial charge in [-0.25, -0.2) is 9.97 Å². The Morgan fingerprint density at radius 2 is 1.82 bits per heavy atom. The van der Waals surface area contributed by atoms with Crippen LogP contribution in [0.3, 0.4) is 0 Å². The number of nitrogens with zero attached hydrogens (tertiary/aromatic N) is 3. The predicted octanol–water partition coefficient (Wildman–Crippen LogP) is 2.65. The molecule has 0 aromatic carbocycles. The molecule has 92 valence electrons. The van der Waals surface area contributed by atoms with Crippen molar-refractivity contribution in [2.75, 3.05) is 18.0 Å². The first-order chi connectivity index (χ1) is 7.97. The van der Waals surface area contributed by atoms with Crippen LogP contribution in [-0.4, -0.2) is 23.1 Å². The largest absolute Gasteiger partial charge is 0.433 e. The van der Waals surface area contributed by atoms with E-state index in [9.17, 15) is 13.2 Å². The fraction of sp³-hybridized carbons (Fsp3) is 0.455. The summed E-state index contributed by atoms with van der Waals surface area (Å²) in [5.41, 5.74) is 0.234. The van der Waals surface area contributed by atoms with Crippen molar-refractivity contribution in [2.24, 2.45) is 0 Å². The first kappa shape index (κ1) is 11.9. The Labute approximate surface area is 97.0 Å². The summed E-state index contributed by atoms with van der Waals surface area (Å²) < 4.78 is 37.4. The zero-order valence-corrected chi connectivity index (χ0v) is 9.17. The molecule has 17 heavy (non-hydrogen) atoms. The van der Waals surface area contributed by atoms with Gasteiger partial charge in [0.2, 0.25) is 0 Å². The van der Waals surface area contributed by atoms with Gasteiger partial charge in [-0.2, -0.15) is 13.2 Å². The molecule has 0 amide bonds. The summed E-state index contributed by atoms with van der Waals surface area (Å²) in [7, 11) is 0. The normalized spacial score (nSPS) is 17.4. The van der Waals surface area contributed by atoms with Crippen LogP contribution < -0.4 is 4.90 Å². The lowest BCUT2D eigenvalue weighted by Crippen LogP contribution is -2.31. The van der Waals surface area contributed by atoms with Crippen LogP contribution in [0.1, 0.15) is 18.5 Å². The highest BCUT2D eigenvalue weighted by atomic mass is 19.4. The van der Waals surface area contributed by atoms with Crippen molar-refractivity contribution in [1.82, 2.24) is 9.97 Å². The third-order valence-electron chi connectivity index (χ3n) is 2.74. The monoisotopic (exact) mass is 243 g/mol. The molecule has 0 atom stereocenters. The highest BCUT2D eigenvalue weighted by Crippen LogP contribution is 2.29. The molecule has 0 unspecified atom stereocenters. The Morgan fingerprint density at radius 1 is 1.18 bits per heavy atom. The molecule has 6 heteroatoms. The van der Waals surface area contributed by atoms with E-state index in [4.69, 9.17) is 0 Å². The van der Waals surface area contributed by atoms with E-state index in [2.05, 4.69) is 16.5 Å². The van der Waals surface area contributed by atoms with Gasteiger partial charge < -0.3 is 4.90 Å². The van der Waals surface area contributed by atoms with Crippen LogP contribution in [0.2, 0.25) is 0 Å². The first-order valence-electron chi connectivity index (χ1n) is 5.27. The number of halogens is 3. The molecule has 0 saturated carbocycles. The molecule has 1 aromatic heterocycles. The van der Waals surface area contributed by atoms with Crippen molar-refractivity contribution in [2.45, 2.75) is 19.0 Å². The van der Waals surface area contributed by atoms with Gasteiger partial charge in [-0.3, -0.25) is 0 Å². The van der Waals surface area contributed by atoms with Gasteiger partial charge in [-0.05, 0) is 12.8 Å². The van der Waals surface area contributed by atoms with Gasteiger partial charge in [-0.1, -0.05) is 12.2 Å². The molecule has 1 aliphatic heterocycles. The third kappa shape index (κ3) is 2.75. The van der Waals surface area contributed by atoms with Gasteiger partial charge in [-0.15, -0.1) is 0 Å². The molecular formula is C11H12F3N3. The van der Waals surface area contributed by atoms with E-state index in [1.807, 2.05) is 4.90 Å². The minimum absolute atomic E-state index is 0.333. The summed E-state index contributed by atoms with van der Waals surface area (Å²) in [6, 6.07) is 0.994. The van der Waals surface area contributed by atoms with Gasteiger partial charge in [0.15, 0.2) is 0 Å². The number of hydrogen-bond donors (Lipinski definition) is 0. The Hall–Kier alpha value is -1.59. The van der Waals surface area contributed by atoms with E-state index in [1.54, 1.807) is 0 Å². The lowest BCUT2D eigenvalue weighted by molar-refractivity contribution is -0.141. The van der Waals surface area contributed by atoms with Crippen molar-refractivity contribution >= 4 is 5.82 Å². The second-order valence-electron chi connectivity index (χ2n) is 4.00. The van der Waals surface area contributed by atoms with Gasteiger partial charge in [0, 0.05) is 19.2 Å². The van der Waals surface area contributed by atoms with Gasteiger partial charge >= 0.3 is 6.18 Å². The molecule has 2 heterocycles. The Balaban J connectivity index is 2.19. The zero-order chi connectivity index (χ0) is 12.5. The molecule has 1 aromatic rings. The van der Waals surface area contributed by atoms with Crippen LogP contribution in [0, 0.1) is 0 Å². The van der Waals surface area contributed by atoms with E-state index < -0.39 is 11.9 Å². The van der Waals surface area contributed by atoms with E-state index in [-0.39, 0.29) is 0 Å². The molecule has 0 aliphatic carbocycles. The fourth-order valence-electron chi connectivity index (χ4n) is 1.73. The van der Waals surface area contributed by atoms with E-state index in [0.717, 1.165) is 30.8 Å². The average Bonchev–Trinajstić information content (AvgIpc) is 2.29. The van der Waals surface area contributed by atoms with Crippen LogP contribution in [-0.2, 0) is 6.18 Å². The molecule has 0 radical (unpaired) electrons. The lowest BCUT2D eigenvalue weighted by Gasteiger charge is -2.29. The maximum Gasteiger partial charge on any atom is 0.433 e. The maximum absolute atomic E-state index is 12.5. The van der Waals surface area contributed by atoms with E-state index in [0.29, 0.717) is 18.9 Å². The van der Waals surface area contributed by atoms with Gasteiger partial charge in [0.05, 0.1) is 0 Å². The maximum atomic E-state index is 12.5. The minimum atomic E-state index is -4.42. The topological polar surface area (TPSA) is 29.0 Å². The molecule has 1 fully saturated rings. The Morgan fingerprint density at radius 3 is 2.41 bits per heavy atom. The summed E-state index contributed by atoms with van der Waals surface area (Å²) in [6.07, 6.45) is -1.87. The van der Waals surface area contributed by atoms with Crippen LogP contribution >= 0.6 is 0 Å². The molecule has 2 rings (SSSR count). The minimum Gasteiger partial charge on any atom is -0.356 e. The highest BCUT2D eigenvalue weighted by Gasteiger charge is 2.33. The quantitative estimate of drug-likeness (QED) is 0.710. The number of alkyl halides is 3. The zero-order valence-electron chi connectivity index (χ0n) is 9.17. The molecule has 0 bridgehead atoms. The second-order valence-corrected chi connectivity index (χ2v) is 4.00. The van der Waals surface area contributed by atoms with Crippen molar-refractivity contribution in [1.29, 1.82) is 0 Å². The van der Waals surface area contributed by atoms with Crippen molar-refractivity contribution < 1.29 is 13.2 Å². The van der Waals surface area contributed by atoms with Gasteiger partial charge in [0.25, 0.3) is 0 Å². The predicted molar refractivity (Wildman–Crippen MR) is 57.6 cm³/mol. The highest BCUT2D eigenvalue weighted by molar-refractivity contribution is 5.40. The summed E-state index contributed by atoms with van der Waals surface area (Å²) in [5.74, 6) is 0.333. The number of anilines is 1. The third-order valence-corrected chi connectivity index (χ3v) is 2.74. The van der Waals surface area contributed by atoms with Crippen molar-refractivity contribution in [3.8, 4) is 0 Å². The van der Waals surface area contributed by atoms with E-state index >= 15 is 0 Å². The van der Waals surface area contributed by atoms with Crippen LogP contribution in [0.4, 0.5) is 19.0 Å². The molecule has 3 nitrogen and oxygen atoms in total. The average molecular weight is 243 g/mol. The van der Waals surface area contributed by atoms with Gasteiger partial charge in [0.1, 0.15) is 17.8 Å². The molecular weight excluding hydrogens is 231 g/mol. The Bertz CT molecular complexity index is 418. The van der Waals surface area contributed by atoms with Crippen molar-refractivity contribution in [3.63, 3.8) is 0 Å². The standard InChI is InChI=1S/C11H12F3N3/c1-8-2-4-17(5-3-8)10-6-9(11(12,13)14)15-7-16-10/h6-7H,1-5H2. The summed E-state index contributed by atoms with van der Waals surface area (Å²) in [5, 5.41) is 0. The molecule has 0 spiro atoms. The van der Waals surface area contributed by atoms with Crippen LogP contribution in [0.25, 0.3) is 0 Å². The SMILES string of the molecule is C=C1CCN(c2cc(C(F)(F)F)ncn2)CC1. The number of piperidine rings is 1. The first-order valence-corrected chi connectivity index (χ1v) is 5.27.